The van der Waals surface area contributed by atoms with Crippen LogP contribution in [0.1, 0.15) is 22.7 Å². The fraction of sp³-hybridized carbons (Fsp3) is 0.273. The lowest BCUT2D eigenvalue weighted by Gasteiger charge is -2.19. The number of nitrogens with one attached hydrogen (secondary N) is 1. The van der Waals surface area contributed by atoms with Crippen LogP contribution < -0.4 is 10.2 Å². The highest BCUT2D eigenvalue weighted by Gasteiger charge is 2.12. The van der Waals surface area contributed by atoms with E-state index >= 15 is 0 Å². The first kappa shape index (κ1) is 19.5. The van der Waals surface area contributed by atoms with E-state index in [1.54, 1.807) is 6.08 Å². The number of aromatic nitrogens is 2. The zero-order valence-electron chi connectivity index (χ0n) is 16.8. The Morgan fingerprint density at radius 3 is 2.64 bits per heavy atom. The molecule has 1 N–H and O–H groups in total. The van der Waals surface area contributed by atoms with Crippen molar-refractivity contribution in [2.75, 3.05) is 25.0 Å². The van der Waals surface area contributed by atoms with Crippen LogP contribution in [0.2, 0.25) is 0 Å². The van der Waals surface area contributed by atoms with Crippen molar-refractivity contribution in [2.24, 2.45) is 0 Å². The lowest BCUT2D eigenvalue weighted by Crippen LogP contribution is -2.31. The van der Waals surface area contributed by atoms with Gasteiger partial charge in [-0.15, -0.1) is 0 Å². The standard InChI is InChI=1S/C22H26N4O2/c1-16-14-19(18(3)26(16)21-15-17(2)28-24-21)10-11-22(27)23-12-13-25(4)20-8-6-5-7-9-20/h5-11,14-15H,12-13H2,1-4H3,(H,23,27)/b11-10+. The van der Waals surface area contributed by atoms with Gasteiger partial charge in [-0.25, -0.2) is 0 Å². The van der Waals surface area contributed by atoms with Crippen LogP contribution in [0.5, 0.6) is 0 Å². The predicted octanol–water partition coefficient (Wildman–Crippen LogP) is 3.66. The molecule has 0 radical (unpaired) electrons. The first-order valence-corrected chi connectivity index (χ1v) is 9.30. The Labute approximate surface area is 165 Å². The van der Waals surface area contributed by atoms with E-state index in [-0.39, 0.29) is 5.91 Å². The molecule has 2 heterocycles. The number of rotatable bonds is 7. The summed E-state index contributed by atoms with van der Waals surface area (Å²) in [7, 11) is 2.01. The molecule has 0 aliphatic rings. The molecule has 3 rings (SSSR count). The molecule has 1 amide bonds. The normalized spacial score (nSPS) is 11.1. The van der Waals surface area contributed by atoms with Crippen molar-refractivity contribution in [1.29, 1.82) is 0 Å². The van der Waals surface area contributed by atoms with Gasteiger partial charge in [0.15, 0.2) is 5.82 Å². The molecule has 0 unspecified atom stereocenters. The highest BCUT2D eigenvalue weighted by atomic mass is 16.5. The summed E-state index contributed by atoms with van der Waals surface area (Å²) in [5, 5.41) is 7.01. The van der Waals surface area contributed by atoms with Crippen molar-refractivity contribution in [2.45, 2.75) is 20.8 Å². The van der Waals surface area contributed by atoms with Crippen molar-refractivity contribution >= 4 is 17.7 Å². The molecular weight excluding hydrogens is 352 g/mol. The van der Waals surface area contributed by atoms with Crippen molar-refractivity contribution in [1.82, 2.24) is 15.0 Å². The van der Waals surface area contributed by atoms with Crippen molar-refractivity contribution < 1.29 is 9.32 Å². The number of carbonyl (C=O) groups excluding carboxylic acids is 1. The van der Waals surface area contributed by atoms with Gasteiger partial charge in [0.2, 0.25) is 5.91 Å². The number of anilines is 1. The van der Waals surface area contributed by atoms with Crippen LogP contribution in [0, 0.1) is 20.8 Å². The van der Waals surface area contributed by atoms with Crippen LogP contribution in [-0.2, 0) is 4.79 Å². The van der Waals surface area contributed by atoms with Gasteiger partial charge < -0.3 is 14.7 Å². The van der Waals surface area contributed by atoms with Gasteiger partial charge in [0.05, 0.1) is 0 Å². The number of hydrogen-bond acceptors (Lipinski definition) is 4. The molecule has 2 aromatic heterocycles. The lowest BCUT2D eigenvalue weighted by atomic mass is 10.2. The summed E-state index contributed by atoms with van der Waals surface area (Å²) in [4.78, 5) is 14.3. The molecule has 0 spiro atoms. The van der Waals surface area contributed by atoms with Gasteiger partial charge in [0.25, 0.3) is 0 Å². The number of para-hydroxylation sites is 1. The minimum absolute atomic E-state index is 0.108. The molecule has 1 aromatic carbocycles. The van der Waals surface area contributed by atoms with Crippen LogP contribution in [0.25, 0.3) is 11.9 Å². The number of hydrogen-bond donors (Lipinski definition) is 1. The van der Waals surface area contributed by atoms with Crippen molar-refractivity contribution in [3.8, 4) is 5.82 Å². The summed E-state index contributed by atoms with van der Waals surface area (Å²) in [6.45, 7) is 7.19. The molecule has 0 aliphatic carbocycles. The molecule has 0 atom stereocenters. The zero-order chi connectivity index (χ0) is 20.1. The molecule has 0 fully saturated rings. The Kier molecular flexibility index (Phi) is 5.99. The highest BCUT2D eigenvalue weighted by Crippen LogP contribution is 2.21. The number of carbonyl (C=O) groups is 1. The molecular formula is C22H26N4O2. The molecule has 28 heavy (non-hydrogen) atoms. The maximum atomic E-state index is 12.2. The van der Waals surface area contributed by atoms with E-state index in [0.717, 1.165) is 40.8 Å². The Morgan fingerprint density at radius 1 is 1.21 bits per heavy atom. The van der Waals surface area contributed by atoms with E-state index in [4.69, 9.17) is 4.52 Å². The van der Waals surface area contributed by atoms with E-state index in [0.29, 0.717) is 6.54 Å². The largest absolute Gasteiger partial charge is 0.373 e. The first-order chi connectivity index (χ1) is 13.5. The third-order valence-electron chi connectivity index (χ3n) is 4.67. The summed E-state index contributed by atoms with van der Waals surface area (Å²) in [5.41, 5.74) is 4.16. The summed E-state index contributed by atoms with van der Waals surface area (Å²) >= 11 is 0. The van der Waals surface area contributed by atoms with E-state index < -0.39 is 0 Å². The summed E-state index contributed by atoms with van der Waals surface area (Å²) in [5.74, 6) is 1.41. The third kappa shape index (κ3) is 4.52. The summed E-state index contributed by atoms with van der Waals surface area (Å²) in [6, 6.07) is 14.0. The number of aryl methyl sites for hydroxylation is 2. The second kappa shape index (κ2) is 8.61. The van der Waals surface area contributed by atoms with Crippen LogP contribution in [0.15, 0.2) is 53.1 Å². The smallest absolute Gasteiger partial charge is 0.244 e. The third-order valence-corrected chi connectivity index (χ3v) is 4.67. The zero-order valence-corrected chi connectivity index (χ0v) is 16.8. The Bertz CT molecular complexity index is 970. The lowest BCUT2D eigenvalue weighted by molar-refractivity contribution is -0.116. The van der Waals surface area contributed by atoms with Crippen molar-refractivity contribution in [3.05, 3.63) is 71.3 Å². The highest BCUT2D eigenvalue weighted by molar-refractivity contribution is 5.91. The molecule has 3 aromatic rings. The Morgan fingerprint density at radius 2 is 1.96 bits per heavy atom. The van der Waals surface area contributed by atoms with Gasteiger partial charge in [-0.1, -0.05) is 23.4 Å². The van der Waals surface area contributed by atoms with Crippen LogP contribution >= 0.6 is 0 Å². The topological polar surface area (TPSA) is 63.3 Å². The molecule has 0 saturated carbocycles. The van der Waals surface area contributed by atoms with Crippen LogP contribution in [0.4, 0.5) is 5.69 Å². The Hall–Kier alpha value is -3.28. The molecule has 6 nitrogen and oxygen atoms in total. The average molecular weight is 378 g/mol. The van der Waals surface area contributed by atoms with E-state index in [9.17, 15) is 4.79 Å². The molecule has 6 heteroatoms. The quantitative estimate of drug-likeness (QED) is 0.638. The van der Waals surface area contributed by atoms with Gasteiger partial charge in [-0.3, -0.25) is 9.36 Å². The van der Waals surface area contributed by atoms with Gasteiger partial charge in [0, 0.05) is 49.4 Å². The number of likely N-dealkylation sites (N-methyl/N-ethyl adjacent to an activating group) is 1. The van der Waals surface area contributed by atoms with Gasteiger partial charge in [0.1, 0.15) is 5.76 Å². The molecule has 0 saturated heterocycles. The average Bonchev–Trinajstić information content (AvgIpc) is 3.22. The Balaban J connectivity index is 1.57. The second-order valence-corrected chi connectivity index (χ2v) is 6.84. The fourth-order valence-electron chi connectivity index (χ4n) is 3.15. The second-order valence-electron chi connectivity index (χ2n) is 6.84. The minimum Gasteiger partial charge on any atom is -0.373 e. The van der Waals surface area contributed by atoms with Crippen LogP contribution in [-0.4, -0.2) is 35.8 Å². The molecule has 146 valence electrons. The SMILES string of the molecule is Cc1cc(-n2c(C)cc(/C=C/C(=O)NCCN(C)c3ccccc3)c2C)no1. The first-order valence-electron chi connectivity index (χ1n) is 9.30. The maximum absolute atomic E-state index is 12.2. The number of nitrogens with zero attached hydrogens (tertiary/aromatic N) is 3. The molecule has 0 aliphatic heterocycles. The number of benzene rings is 1. The summed E-state index contributed by atoms with van der Waals surface area (Å²) < 4.78 is 7.19. The van der Waals surface area contributed by atoms with E-state index in [1.165, 1.54) is 0 Å². The van der Waals surface area contributed by atoms with Crippen molar-refractivity contribution in [3.63, 3.8) is 0 Å². The number of amides is 1. The van der Waals surface area contributed by atoms with E-state index in [1.807, 2.05) is 80.9 Å². The maximum Gasteiger partial charge on any atom is 0.244 e. The van der Waals surface area contributed by atoms with Gasteiger partial charge in [-0.05, 0) is 50.6 Å². The molecule has 0 bridgehead atoms. The minimum atomic E-state index is -0.108. The van der Waals surface area contributed by atoms with E-state index in [2.05, 4.69) is 15.4 Å². The van der Waals surface area contributed by atoms with Gasteiger partial charge in [-0.2, -0.15) is 0 Å². The van der Waals surface area contributed by atoms with Crippen LogP contribution in [0.3, 0.4) is 0 Å². The fourth-order valence-corrected chi connectivity index (χ4v) is 3.15. The van der Waals surface area contributed by atoms with Gasteiger partial charge >= 0.3 is 0 Å². The summed E-state index contributed by atoms with van der Waals surface area (Å²) in [6.07, 6.45) is 3.41. The predicted molar refractivity (Wildman–Crippen MR) is 112 cm³/mol. The monoisotopic (exact) mass is 378 g/mol.